The van der Waals surface area contributed by atoms with Crippen LogP contribution in [0.5, 0.6) is 5.75 Å². The van der Waals surface area contributed by atoms with Gasteiger partial charge in [-0.25, -0.2) is 9.13 Å². The first kappa shape index (κ1) is 22.0. The van der Waals surface area contributed by atoms with Gasteiger partial charge in [0.2, 0.25) is 0 Å². The molecule has 0 bridgehead atoms. The minimum atomic E-state index is -5.60. The van der Waals surface area contributed by atoms with Gasteiger partial charge in [0.1, 0.15) is 5.75 Å². The number of carbonyl (C=O) groups excluding carboxylic acids is 1. The molecule has 2 N–H and O–H groups in total. The van der Waals surface area contributed by atoms with Crippen molar-refractivity contribution in [2.45, 2.75) is 18.8 Å². The second kappa shape index (κ2) is 8.18. The molecule has 0 saturated heterocycles. The number of nitrogens with two attached hydrogens (primary N) is 1. The largest absolute Gasteiger partial charge is 0.525 e. The van der Waals surface area contributed by atoms with Gasteiger partial charge in [-0.15, -0.1) is 25.6 Å². The first-order valence-electron chi connectivity index (χ1n) is 5.44. The summed E-state index contributed by atoms with van der Waals surface area (Å²) < 4.78 is 80.7. The Morgan fingerprint density at radius 1 is 1.26 bits per heavy atom. The van der Waals surface area contributed by atoms with Crippen LogP contribution in [0.25, 0.3) is 0 Å². The molecule has 0 aromatic heterocycles. The number of ketones is 1. The maximum atomic E-state index is 13.2. The molecule has 1 aromatic rings. The molecule has 1 aromatic carbocycles. The Morgan fingerprint density at radius 2 is 1.83 bits per heavy atom. The quantitative estimate of drug-likeness (QED) is 0.548. The van der Waals surface area contributed by atoms with Crippen LogP contribution in [0.4, 0.5) is 26.3 Å². The lowest BCUT2D eigenvalue weighted by molar-refractivity contribution is -0.411. The van der Waals surface area contributed by atoms with Crippen molar-refractivity contribution >= 4 is 34.1 Å². The van der Waals surface area contributed by atoms with Crippen molar-refractivity contribution in [2.24, 2.45) is 5.73 Å². The molecule has 0 fully saturated rings. The number of hydrogen-bond acceptors (Lipinski definition) is 4. The lowest BCUT2D eigenvalue weighted by atomic mass is 10.1. The van der Waals surface area contributed by atoms with Gasteiger partial charge in [0, 0.05) is 5.56 Å². The van der Waals surface area contributed by atoms with Crippen LogP contribution in [-0.2, 0) is 4.74 Å². The summed E-state index contributed by atoms with van der Waals surface area (Å²) in [6.45, 7) is -0.339. The highest BCUT2D eigenvalue weighted by Gasteiger charge is 2.50. The number of halogens is 8. The Hall–Kier alpha value is -1.04. The summed E-state index contributed by atoms with van der Waals surface area (Å²) in [5.74, 6) is -1.20. The summed E-state index contributed by atoms with van der Waals surface area (Å²) in [4.78, 5) is 11.3. The Morgan fingerprint density at radius 3 is 2.26 bits per heavy atom. The first-order valence-corrected chi connectivity index (χ1v) is 6.24. The summed E-state index contributed by atoms with van der Waals surface area (Å²) in [6.07, 6.45) is -14.6. The van der Waals surface area contributed by atoms with Gasteiger partial charge in [-0.3, -0.25) is 4.79 Å². The molecule has 0 aliphatic rings. The third kappa shape index (κ3) is 6.53. The van der Waals surface area contributed by atoms with Gasteiger partial charge in [-0.1, -0.05) is 0 Å². The van der Waals surface area contributed by atoms with E-state index in [1.54, 1.807) is 0 Å². The molecule has 23 heavy (non-hydrogen) atoms. The molecule has 1 unspecified atom stereocenters. The highest BCUT2D eigenvalue weighted by molar-refractivity contribution is 9.10. The van der Waals surface area contributed by atoms with E-state index < -0.39 is 30.4 Å². The zero-order valence-corrected chi connectivity index (χ0v) is 13.3. The predicted molar refractivity (Wildman–Crippen MR) is 72.4 cm³/mol. The van der Waals surface area contributed by atoms with Crippen LogP contribution in [0.2, 0.25) is 0 Å². The number of rotatable bonds is 6. The Labute approximate surface area is 140 Å². The van der Waals surface area contributed by atoms with Crippen molar-refractivity contribution in [1.82, 2.24) is 0 Å². The molecule has 12 heteroatoms. The molecule has 0 heterocycles. The lowest BCUT2D eigenvalue weighted by Gasteiger charge is -2.22. The van der Waals surface area contributed by atoms with Gasteiger partial charge in [-0.2, -0.15) is 8.78 Å². The van der Waals surface area contributed by atoms with Crippen LogP contribution in [0, 0.1) is 0 Å². The summed E-state index contributed by atoms with van der Waals surface area (Å²) >= 11 is 2.77. The SMILES string of the molecule is Cl.NCC(=O)c1ccc(OC(F)(F)C(F)OC(F)(F)F)c(Br)c1. The summed E-state index contributed by atoms with van der Waals surface area (Å²) in [7, 11) is 0. The zero-order chi connectivity index (χ0) is 17.1. The Bertz CT molecular complexity index is 557. The molecular weight excluding hydrogens is 423 g/mol. The third-order valence-corrected chi connectivity index (χ3v) is 2.81. The van der Waals surface area contributed by atoms with Crippen molar-refractivity contribution in [3.63, 3.8) is 0 Å². The fourth-order valence-corrected chi connectivity index (χ4v) is 1.71. The van der Waals surface area contributed by atoms with E-state index in [1.807, 2.05) is 0 Å². The topological polar surface area (TPSA) is 61.6 Å². The van der Waals surface area contributed by atoms with E-state index in [4.69, 9.17) is 5.73 Å². The fourth-order valence-electron chi connectivity index (χ4n) is 1.25. The number of carbonyl (C=O) groups is 1. The van der Waals surface area contributed by atoms with Crippen LogP contribution in [0.1, 0.15) is 10.4 Å². The van der Waals surface area contributed by atoms with Crippen molar-refractivity contribution in [3.8, 4) is 5.75 Å². The second-order valence-corrected chi connectivity index (χ2v) is 4.67. The molecule has 132 valence electrons. The first-order chi connectivity index (χ1) is 9.96. The van der Waals surface area contributed by atoms with Crippen molar-refractivity contribution < 1.29 is 40.6 Å². The Kier molecular flexibility index (Phi) is 7.81. The standard InChI is InChI=1S/C11H8BrF6NO3.ClH/c12-6-3-5(7(20)4-19)1-2-8(6)21-10(14,15)9(13)22-11(16,17)18;/h1-3,9H,4,19H2;1H. The van der Waals surface area contributed by atoms with Crippen LogP contribution in [-0.4, -0.2) is 31.2 Å². The van der Waals surface area contributed by atoms with Gasteiger partial charge in [-0.05, 0) is 34.1 Å². The highest BCUT2D eigenvalue weighted by atomic mass is 79.9. The van der Waals surface area contributed by atoms with E-state index in [0.717, 1.165) is 18.2 Å². The maximum absolute atomic E-state index is 13.2. The van der Waals surface area contributed by atoms with Gasteiger partial charge < -0.3 is 10.5 Å². The van der Waals surface area contributed by atoms with Crippen molar-refractivity contribution in [2.75, 3.05) is 6.54 Å². The molecular formula is C11H9BrClF6NO3. The molecule has 0 spiro atoms. The fraction of sp³-hybridized carbons (Fsp3) is 0.364. The molecule has 1 atom stereocenters. The third-order valence-electron chi connectivity index (χ3n) is 2.19. The number of benzene rings is 1. The van der Waals surface area contributed by atoms with Crippen molar-refractivity contribution in [1.29, 1.82) is 0 Å². The zero-order valence-electron chi connectivity index (χ0n) is 10.9. The van der Waals surface area contributed by atoms with Crippen LogP contribution >= 0.6 is 28.3 Å². The molecule has 0 aliphatic carbocycles. The summed E-state index contributed by atoms with van der Waals surface area (Å²) in [5.41, 5.74) is 5.15. The van der Waals surface area contributed by atoms with Crippen molar-refractivity contribution in [3.05, 3.63) is 28.2 Å². The van der Waals surface area contributed by atoms with E-state index >= 15 is 0 Å². The second-order valence-electron chi connectivity index (χ2n) is 3.82. The van der Waals surface area contributed by atoms with Gasteiger partial charge in [0.25, 0.3) is 0 Å². The normalized spacial score (nSPS) is 13.2. The summed E-state index contributed by atoms with van der Waals surface area (Å²) in [6, 6.07) is 2.95. The highest BCUT2D eigenvalue weighted by Crippen LogP contribution is 2.35. The van der Waals surface area contributed by atoms with Gasteiger partial charge in [0.05, 0.1) is 11.0 Å². The number of hydrogen-bond donors (Lipinski definition) is 1. The van der Waals surface area contributed by atoms with Gasteiger partial charge >= 0.3 is 18.8 Å². The molecule has 0 radical (unpaired) electrons. The number of Topliss-reactive ketones (excluding diaryl/α,β-unsaturated/α-hetero) is 1. The molecule has 0 aliphatic heterocycles. The maximum Gasteiger partial charge on any atom is 0.525 e. The minimum Gasteiger partial charge on any atom is -0.427 e. The number of alkyl halides is 6. The molecule has 1 rings (SSSR count). The van der Waals surface area contributed by atoms with Gasteiger partial charge in [0.15, 0.2) is 5.78 Å². The van der Waals surface area contributed by atoms with E-state index in [0.29, 0.717) is 0 Å². The lowest BCUT2D eigenvalue weighted by Crippen LogP contribution is -2.41. The molecule has 4 nitrogen and oxygen atoms in total. The van der Waals surface area contributed by atoms with Crippen LogP contribution < -0.4 is 10.5 Å². The van der Waals surface area contributed by atoms with Crippen LogP contribution in [0.3, 0.4) is 0 Å². The summed E-state index contributed by atoms with van der Waals surface area (Å²) in [5, 5.41) is 0. The molecule has 0 amide bonds. The average Bonchev–Trinajstić information content (AvgIpc) is 2.38. The van der Waals surface area contributed by atoms with E-state index in [2.05, 4.69) is 25.4 Å². The monoisotopic (exact) mass is 431 g/mol. The smallest absolute Gasteiger partial charge is 0.427 e. The Balaban J connectivity index is 0.00000484. The number of ether oxygens (including phenoxy) is 2. The van der Waals surface area contributed by atoms with E-state index in [9.17, 15) is 31.1 Å². The minimum absolute atomic E-state index is 0. The van der Waals surface area contributed by atoms with E-state index in [1.165, 1.54) is 0 Å². The molecule has 0 saturated carbocycles. The average molecular weight is 433 g/mol. The van der Waals surface area contributed by atoms with Crippen LogP contribution in [0.15, 0.2) is 22.7 Å². The predicted octanol–water partition coefficient (Wildman–Crippen LogP) is 3.82. The van der Waals surface area contributed by atoms with E-state index in [-0.39, 0.29) is 29.0 Å².